The maximum atomic E-state index is 12.3. The first kappa shape index (κ1) is 21.9. The summed E-state index contributed by atoms with van der Waals surface area (Å²) in [4.78, 5) is 24.0. The number of benzene rings is 2. The lowest BCUT2D eigenvalue weighted by molar-refractivity contribution is -0.143. The maximum Gasteiger partial charge on any atom is 0.325 e. The Balaban J connectivity index is 1.46. The van der Waals surface area contributed by atoms with Crippen LogP contribution in [-0.4, -0.2) is 46.1 Å². The molecule has 0 spiro atoms. The Bertz CT molecular complexity index is 955. The van der Waals surface area contributed by atoms with Gasteiger partial charge in [0, 0.05) is 18.7 Å². The minimum atomic E-state index is -3.69. The number of amides is 1. The Morgan fingerprint density at radius 1 is 1.07 bits per heavy atom. The number of hydrogen-bond donors (Lipinski definition) is 2. The zero-order valence-electron chi connectivity index (χ0n) is 16.4. The standard InChI is InChI=1S/C21H24N2O6S/c24-20(29-15-16-5-2-1-3-6-16)14-22-21(25)17-8-10-19(11-9-17)30(26,27)23-13-18-7-4-12-28-18/h1-3,5-6,8-11,18,23H,4,7,12-15H2,(H,22,25). The summed E-state index contributed by atoms with van der Waals surface area (Å²) >= 11 is 0. The molecule has 1 atom stereocenters. The van der Waals surface area contributed by atoms with Gasteiger partial charge >= 0.3 is 5.97 Å². The van der Waals surface area contributed by atoms with Crippen molar-refractivity contribution in [2.45, 2.75) is 30.4 Å². The summed E-state index contributed by atoms with van der Waals surface area (Å²) in [6.07, 6.45) is 1.65. The number of hydrogen-bond acceptors (Lipinski definition) is 6. The van der Waals surface area contributed by atoms with E-state index in [4.69, 9.17) is 9.47 Å². The van der Waals surface area contributed by atoms with E-state index < -0.39 is 21.9 Å². The zero-order valence-corrected chi connectivity index (χ0v) is 17.2. The van der Waals surface area contributed by atoms with Crippen LogP contribution in [0.15, 0.2) is 59.5 Å². The number of rotatable bonds is 9. The number of esters is 1. The van der Waals surface area contributed by atoms with Gasteiger partial charge in [-0.2, -0.15) is 0 Å². The topological polar surface area (TPSA) is 111 Å². The fraction of sp³-hybridized carbons (Fsp3) is 0.333. The third-order valence-electron chi connectivity index (χ3n) is 4.59. The lowest BCUT2D eigenvalue weighted by Crippen LogP contribution is -2.32. The van der Waals surface area contributed by atoms with E-state index in [2.05, 4.69) is 10.0 Å². The summed E-state index contributed by atoms with van der Waals surface area (Å²) in [6.45, 7) is 0.710. The van der Waals surface area contributed by atoms with Gasteiger partial charge in [0.2, 0.25) is 10.0 Å². The van der Waals surface area contributed by atoms with Gasteiger partial charge in [-0.3, -0.25) is 9.59 Å². The van der Waals surface area contributed by atoms with E-state index in [0.29, 0.717) is 6.61 Å². The van der Waals surface area contributed by atoms with Crippen molar-refractivity contribution in [3.63, 3.8) is 0 Å². The highest BCUT2D eigenvalue weighted by Crippen LogP contribution is 2.14. The van der Waals surface area contributed by atoms with Crippen LogP contribution >= 0.6 is 0 Å². The van der Waals surface area contributed by atoms with Crippen LogP contribution in [0.25, 0.3) is 0 Å². The van der Waals surface area contributed by atoms with Crippen LogP contribution < -0.4 is 10.0 Å². The van der Waals surface area contributed by atoms with Crippen LogP contribution in [0.4, 0.5) is 0 Å². The van der Waals surface area contributed by atoms with Crippen LogP contribution in [0.5, 0.6) is 0 Å². The molecule has 1 aliphatic heterocycles. The zero-order chi connectivity index (χ0) is 21.4. The molecule has 1 fully saturated rings. The molecule has 1 saturated heterocycles. The van der Waals surface area contributed by atoms with Gasteiger partial charge in [0.25, 0.3) is 5.91 Å². The molecule has 8 nitrogen and oxygen atoms in total. The van der Waals surface area contributed by atoms with Gasteiger partial charge in [0.05, 0.1) is 11.0 Å². The average Bonchev–Trinajstić information content (AvgIpc) is 3.29. The minimum absolute atomic E-state index is 0.0549. The van der Waals surface area contributed by atoms with E-state index in [-0.39, 0.29) is 36.3 Å². The molecule has 1 aliphatic rings. The van der Waals surface area contributed by atoms with Crippen molar-refractivity contribution in [1.29, 1.82) is 0 Å². The highest BCUT2D eigenvalue weighted by molar-refractivity contribution is 7.89. The first-order chi connectivity index (χ1) is 14.4. The van der Waals surface area contributed by atoms with Gasteiger partial charge in [0.15, 0.2) is 0 Å². The Kier molecular flexibility index (Phi) is 7.56. The van der Waals surface area contributed by atoms with Crippen LogP contribution in [-0.2, 0) is 30.9 Å². The smallest absolute Gasteiger partial charge is 0.325 e. The molecular weight excluding hydrogens is 408 g/mol. The van der Waals surface area contributed by atoms with Crippen molar-refractivity contribution >= 4 is 21.9 Å². The van der Waals surface area contributed by atoms with Gasteiger partial charge < -0.3 is 14.8 Å². The highest BCUT2D eigenvalue weighted by Gasteiger charge is 2.20. The van der Waals surface area contributed by atoms with Gasteiger partial charge in [0.1, 0.15) is 13.2 Å². The molecule has 2 aromatic carbocycles. The number of nitrogens with one attached hydrogen (secondary N) is 2. The highest BCUT2D eigenvalue weighted by atomic mass is 32.2. The van der Waals surface area contributed by atoms with Crippen LogP contribution in [0.2, 0.25) is 0 Å². The molecule has 0 saturated carbocycles. The Hall–Kier alpha value is -2.75. The largest absolute Gasteiger partial charge is 0.460 e. The van der Waals surface area contributed by atoms with E-state index in [1.54, 1.807) is 0 Å². The van der Waals surface area contributed by atoms with Crippen molar-refractivity contribution in [1.82, 2.24) is 10.0 Å². The molecule has 160 valence electrons. The second-order valence-electron chi connectivity index (χ2n) is 6.84. The normalized spacial score (nSPS) is 16.2. The second-order valence-corrected chi connectivity index (χ2v) is 8.61. The number of carbonyl (C=O) groups is 2. The molecule has 1 amide bonds. The predicted octanol–water partition coefficient (Wildman–Crippen LogP) is 1.62. The number of ether oxygens (including phenoxy) is 2. The molecule has 0 radical (unpaired) electrons. The summed E-state index contributed by atoms with van der Waals surface area (Å²) in [5.74, 6) is -1.06. The van der Waals surface area contributed by atoms with Gasteiger partial charge in [-0.1, -0.05) is 30.3 Å². The Morgan fingerprint density at radius 2 is 1.80 bits per heavy atom. The Morgan fingerprint density at radius 3 is 2.47 bits per heavy atom. The van der Waals surface area contributed by atoms with Crippen LogP contribution in [0, 0.1) is 0 Å². The third-order valence-corrected chi connectivity index (χ3v) is 6.03. The molecule has 9 heteroatoms. The molecule has 30 heavy (non-hydrogen) atoms. The van der Waals surface area contributed by atoms with E-state index in [0.717, 1.165) is 18.4 Å². The maximum absolute atomic E-state index is 12.3. The predicted molar refractivity (Wildman–Crippen MR) is 109 cm³/mol. The lowest BCUT2D eigenvalue weighted by Gasteiger charge is -2.12. The first-order valence-corrected chi connectivity index (χ1v) is 11.1. The summed E-state index contributed by atoms with van der Waals surface area (Å²) < 4.78 is 37.7. The molecule has 0 aliphatic carbocycles. The second kappa shape index (κ2) is 10.3. The molecule has 0 bridgehead atoms. The van der Waals surface area contributed by atoms with Crippen molar-refractivity contribution in [2.75, 3.05) is 19.7 Å². The minimum Gasteiger partial charge on any atom is -0.460 e. The summed E-state index contributed by atoms with van der Waals surface area (Å²) in [7, 11) is -3.69. The fourth-order valence-corrected chi connectivity index (χ4v) is 3.99. The van der Waals surface area contributed by atoms with Gasteiger partial charge in [-0.05, 0) is 42.7 Å². The first-order valence-electron chi connectivity index (χ1n) is 9.63. The van der Waals surface area contributed by atoms with Crippen LogP contribution in [0.3, 0.4) is 0 Å². The number of carbonyl (C=O) groups excluding carboxylic acids is 2. The van der Waals surface area contributed by atoms with Gasteiger partial charge in [-0.25, -0.2) is 13.1 Å². The third kappa shape index (κ3) is 6.38. The summed E-state index contributed by atoms with van der Waals surface area (Å²) in [6, 6.07) is 14.7. The van der Waals surface area contributed by atoms with Gasteiger partial charge in [-0.15, -0.1) is 0 Å². The SMILES string of the molecule is O=C(CNC(=O)c1ccc(S(=O)(=O)NCC2CCCO2)cc1)OCc1ccccc1. The van der Waals surface area contributed by atoms with Crippen LogP contribution in [0.1, 0.15) is 28.8 Å². The molecule has 0 aromatic heterocycles. The molecule has 1 heterocycles. The van der Waals surface area contributed by atoms with E-state index in [1.165, 1.54) is 24.3 Å². The average molecular weight is 432 g/mol. The monoisotopic (exact) mass is 432 g/mol. The lowest BCUT2D eigenvalue weighted by atomic mass is 10.2. The molecule has 1 unspecified atom stereocenters. The van der Waals surface area contributed by atoms with Crippen molar-refractivity contribution in [2.24, 2.45) is 0 Å². The summed E-state index contributed by atoms with van der Waals surface area (Å²) in [5, 5.41) is 2.46. The molecule has 2 aromatic rings. The molecular formula is C21H24N2O6S. The molecule has 2 N–H and O–H groups in total. The van der Waals surface area contributed by atoms with Crippen molar-refractivity contribution in [3.8, 4) is 0 Å². The molecule has 3 rings (SSSR count). The fourth-order valence-electron chi connectivity index (χ4n) is 2.92. The van der Waals surface area contributed by atoms with E-state index >= 15 is 0 Å². The summed E-state index contributed by atoms with van der Waals surface area (Å²) in [5.41, 5.74) is 1.09. The number of sulfonamides is 1. The Labute approximate surface area is 175 Å². The van der Waals surface area contributed by atoms with Crippen molar-refractivity contribution in [3.05, 3.63) is 65.7 Å². The quantitative estimate of drug-likeness (QED) is 0.583. The van der Waals surface area contributed by atoms with Crippen molar-refractivity contribution < 1.29 is 27.5 Å². The van der Waals surface area contributed by atoms with E-state index in [1.807, 2.05) is 30.3 Å². The van der Waals surface area contributed by atoms with E-state index in [9.17, 15) is 18.0 Å².